The molecule has 0 radical (unpaired) electrons. The first-order valence-corrected chi connectivity index (χ1v) is 8.06. The molecule has 1 aliphatic heterocycles. The molecule has 0 spiro atoms. The molecule has 1 fully saturated rings. The lowest BCUT2D eigenvalue weighted by molar-refractivity contribution is -0.187. The molecule has 0 aromatic heterocycles. The number of hydroxylamine groups is 2. The summed E-state index contributed by atoms with van der Waals surface area (Å²) < 4.78 is 9.92. The van der Waals surface area contributed by atoms with Crippen LogP contribution >= 0.6 is 0 Å². The first-order chi connectivity index (χ1) is 13.2. The van der Waals surface area contributed by atoms with E-state index in [9.17, 15) is 24.3 Å². The summed E-state index contributed by atoms with van der Waals surface area (Å²) in [5.74, 6) is -3.43. The van der Waals surface area contributed by atoms with Crippen LogP contribution in [0.2, 0.25) is 0 Å². The fraction of sp³-hybridized carbons (Fsp3) is 0.375. The molecule has 28 heavy (non-hydrogen) atoms. The number of imide groups is 1. The van der Waals surface area contributed by atoms with E-state index < -0.39 is 41.9 Å². The minimum atomic E-state index is -1.43. The second-order valence-electron chi connectivity index (χ2n) is 5.95. The van der Waals surface area contributed by atoms with E-state index in [0.29, 0.717) is 5.06 Å². The van der Waals surface area contributed by atoms with Gasteiger partial charge in [0.2, 0.25) is 0 Å². The summed E-state index contributed by atoms with van der Waals surface area (Å²) in [5, 5.41) is 13.4. The summed E-state index contributed by atoms with van der Waals surface area (Å²) in [6, 6.07) is 3.50. The number of nitrogens with zero attached hydrogens (tertiary/aromatic N) is 4. The van der Waals surface area contributed by atoms with Gasteiger partial charge in [-0.2, -0.15) is 0 Å². The van der Waals surface area contributed by atoms with Gasteiger partial charge in [0.25, 0.3) is 18.1 Å². The number of aromatic hydroxyl groups is 1. The number of benzene rings is 1. The number of carbonyl (C=O) groups is 4. The van der Waals surface area contributed by atoms with Gasteiger partial charge in [-0.3, -0.25) is 14.4 Å². The fourth-order valence-electron chi connectivity index (χ4n) is 2.12. The number of hydrogen-bond donors (Lipinski definition) is 1. The maximum Gasteiger partial charge on any atom is 0.537 e. The van der Waals surface area contributed by atoms with Gasteiger partial charge in [0.1, 0.15) is 11.3 Å². The number of azide groups is 1. The molecule has 0 aliphatic carbocycles. The largest absolute Gasteiger partial charge is 0.537 e. The van der Waals surface area contributed by atoms with Crippen molar-refractivity contribution in [2.45, 2.75) is 33.0 Å². The number of phenols is 1. The Morgan fingerprint density at radius 1 is 1.21 bits per heavy atom. The topological polar surface area (TPSA) is 168 Å². The highest BCUT2D eigenvalue weighted by molar-refractivity contribution is 6.01. The number of hydrogen-bond acceptors (Lipinski definition) is 9. The summed E-state index contributed by atoms with van der Waals surface area (Å²) in [4.78, 5) is 54.1. The normalized spacial score (nSPS) is 14.5. The SMILES string of the molecule is CC(C)C(OC(=O)ON1C(=O)CCC1=O)OC(=O)c1ccc(N=[N+]=[N-])cc1O. The molecule has 0 saturated carbocycles. The van der Waals surface area contributed by atoms with E-state index in [1.54, 1.807) is 13.8 Å². The van der Waals surface area contributed by atoms with Crippen LogP contribution in [0.5, 0.6) is 5.75 Å². The Hall–Kier alpha value is -3.79. The molecule has 2 rings (SSSR count). The number of rotatable bonds is 6. The van der Waals surface area contributed by atoms with Crippen LogP contribution in [0.3, 0.4) is 0 Å². The molecule has 2 amide bonds. The minimum absolute atomic E-state index is 0.0803. The van der Waals surface area contributed by atoms with Crippen molar-refractivity contribution in [2.24, 2.45) is 11.0 Å². The monoisotopic (exact) mass is 392 g/mol. The maximum absolute atomic E-state index is 12.2. The van der Waals surface area contributed by atoms with Crippen LogP contribution in [0.4, 0.5) is 10.5 Å². The molecule has 12 nitrogen and oxygen atoms in total. The van der Waals surface area contributed by atoms with E-state index in [2.05, 4.69) is 14.9 Å². The molecule has 1 N–H and O–H groups in total. The zero-order valence-electron chi connectivity index (χ0n) is 14.9. The third-order valence-electron chi connectivity index (χ3n) is 3.51. The lowest BCUT2D eigenvalue weighted by atomic mass is 10.1. The standard InChI is InChI=1S/C16H16N4O8/c1-8(2)15(27-16(25)28-20-12(22)5-6-13(20)23)26-14(24)10-4-3-9(18-19-17)7-11(10)21/h3-4,7-8,15,21H,5-6H2,1-2H3. The molecule has 0 bridgehead atoms. The first kappa shape index (κ1) is 20.5. The molecular formula is C16H16N4O8. The Morgan fingerprint density at radius 2 is 1.86 bits per heavy atom. The second kappa shape index (κ2) is 8.73. The zero-order valence-corrected chi connectivity index (χ0v) is 14.9. The Kier molecular flexibility index (Phi) is 6.40. The smallest absolute Gasteiger partial charge is 0.507 e. The molecule has 1 saturated heterocycles. The van der Waals surface area contributed by atoms with Gasteiger partial charge in [-0.15, -0.1) is 0 Å². The van der Waals surface area contributed by atoms with Crippen molar-refractivity contribution in [1.82, 2.24) is 5.06 Å². The van der Waals surface area contributed by atoms with E-state index in [0.717, 1.165) is 6.07 Å². The summed E-state index contributed by atoms with van der Waals surface area (Å²) >= 11 is 0. The van der Waals surface area contributed by atoms with Crippen LogP contribution in [-0.4, -0.2) is 40.4 Å². The van der Waals surface area contributed by atoms with E-state index >= 15 is 0 Å². The average molecular weight is 392 g/mol. The van der Waals surface area contributed by atoms with Gasteiger partial charge in [0, 0.05) is 29.4 Å². The Morgan fingerprint density at radius 3 is 2.39 bits per heavy atom. The number of esters is 1. The van der Waals surface area contributed by atoms with Gasteiger partial charge < -0.3 is 14.6 Å². The zero-order chi connectivity index (χ0) is 20.8. The number of amides is 2. The van der Waals surface area contributed by atoms with E-state index in [4.69, 9.17) is 15.0 Å². The quantitative estimate of drug-likeness (QED) is 0.192. The van der Waals surface area contributed by atoms with Gasteiger partial charge in [0.05, 0.1) is 0 Å². The third-order valence-corrected chi connectivity index (χ3v) is 3.51. The molecule has 1 aromatic rings. The summed E-state index contributed by atoms with van der Waals surface area (Å²) in [7, 11) is 0. The molecule has 1 unspecified atom stereocenters. The molecule has 1 atom stereocenters. The van der Waals surface area contributed by atoms with Crippen LogP contribution < -0.4 is 0 Å². The lowest BCUT2D eigenvalue weighted by Crippen LogP contribution is -2.36. The van der Waals surface area contributed by atoms with Crippen LogP contribution in [0.25, 0.3) is 10.4 Å². The Labute approximate surface area is 158 Å². The van der Waals surface area contributed by atoms with Crippen LogP contribution in [-0.2, 0) is 23.9 Å². The van der Waals surface area contributed by atoms with Crippen molar-refractivity contribution in [1.29, 1.82) is 0 Å². The molecule has 1 aromatic carbocycles. The lowest BCUT2D eigenvalue weighted by Gasteiger charge is -2.22. The maximum atomic E-state index is 12.2. The van der Waals surface area contributed by atoms with Gasteiger partial charge >= 0.3 is 12.1 Å². The van der Waals surface area contributed by atoms with Gasteiger partial charge in [-0.25, -0.2) is 9.59 Å². The summed E-state index contributed by atoms with van der Waals surface area (Å²) in [6.07, 6.45) is -3.00. The highest BCUT2D eigenvalue weighted by Crippen LogP contribution is 2.26. The highest BCUT2D eigenvalue weighted by Gasteiger charge is 2.35. The Bertz CT molecular complexity index is 846. The summed E-state index contributed by atoms with van der Waals surface area (Å²) in [5.41, 5.74) is 8.19. The minimum Gasteiger partial charge on any atom is -0.507 e. The second-order valence-corrected chi connectivity index (χ2v) is 5.95. The predicted molar refractivity (Wildman–Crippen MR) is 89.6 cm³/mol. The number of phenolic OH excluding ortho intramolecular Hbond substituents is 1. The van der Waals surface area contributed by atoms with Gasteiger partial charge in [-0.1, -0.05) is 30.1 Å². The van der Waals surface area contributed by atoms with Crippen molar-refractivity contribution in [2.75, 3.05) is 0 Å². The van der Waals surface area contributed by atoms with Crippen LogP contribution in [0.1, 0.15) is 37.0 Å². The van der Waals surface area contributed by atoms with Crippen molar-refractivity contribution in [3.63, 3.8) is 0 Å². The van der Waals surface area contributed by atoms with E-state index in [1.165, 1.54) is 12.1 Å². The molecule has 12 heteroatoms. The van der Waals surface area contributed by atoms with Crippen LogP contribution in [0, 0.1) is 5.92 Å². The average Bonchev–Trinajstić information content (AvgIpc) is 2.93. The van der Waals surface area contributed by atoms with E-state index in [-0.39, 0.29) is 24.1 Å². The molecule has 1 aliphatic rings. The predicted octanol–water partition coefficient (Wildman–Crippen LogP) is 2.69. The van der Waals surface area contributed by atoms with Crippen molar-refractivity contribution in [3.8, 4) is 5.75 Å². The van der Waals surface area contributed by atoms with Crippen LogP contribution in [0.15, 0.2) is 23.3 Å². The van der Waals surface area contributed by atoms with Gasteiger partial charge in [0.15, 0.2) is 0 Å². The molecule has 1 heterocycles. The van der Waals surface area contributed by atoms with Gasteiger partial charge in [-0.05, 0) is 17.7 Å². The molecule has 148 valence electrons. The third kappa shape index (κ3) is 4.89. The molecular weight excluding hydrogens is 376 g/mol. The van der Waals surface area contributed by atoms with E-state index in [1.807, 2.05) is 0 Å². The Balaban J connectivity index is 2.05. The summed E-state index contributed by atoms with van der Waals surface area (Å²) in [6.45, 7) is 3.14. The van der Waals surface area contributed by atoms with Crippen molar-refractivity contribution < 1.29 is 38.6 Å². The first-order valence-electron chi connectivity index (χ1n) is 8.06. The number of carbonyl (C=O) groups excluding carboxylic acids is 4. The fourth-order valence-corrected chi connectivity index (χ4v) is 2.12. The van der Waals surface area contributed by atoms with Crippen molar-refractivity contribution >= 4 is 29.6 Å². The van der Waals surface area contributed by atoms with Crippen molar-refractivity contribution in [3.05, 3.63) is 34.2 Å². The number of ether oxygens (including phenoxy) is 2. The highest BCUT2D eigenvalue weighted by atomic mass is 16.9.